The zero-order valence-corrected chi connectivity index (χ0v) is 13.0. The molecular formula is C14H15IN2O2. The van der Waals surface area contributed by atoms with Gasteiger partial charge in [-0.15, -0.1) is 0 Å². The molecule has 2 aromatic rings. The third-order valence-corrected chi connectivity index (χ3v) is 3.99. The van der Waals surface area contributed by atoms with Gasteiger partial charge in [-0.2, -0.15) is 5.10 Å². The van der Waals surface area contributed by atoms with E-state index in [1.807, 2.05) is 37.3 Å². The Kier molecular flexibility index (Phi) is 4.57. The monoisotopic (exact) mass is 370 g/mol. The number of hydrogen-bond donors (Lipinski definition) is 0. The van der Waals surface area contributed by atoms with E-state index in [4.69, 9.17) is 4.74 Å². The predicted octanol–water partition coefficient (Wildman–Crippen LogP) is 3.02. The molecule has 0 amide bonds. The Labute approximate surface area is 125 Å². The standard InChI is InChI=1S/C14H15IN2O2/c1-3-19-14(18)13-12(15)10(2)16-17(13)9-11-7-5-4-6-8-11/h4-8H,3,9H2,1-2H3. The maximum atomic E-state index is 12.0. The van der Waals surface area contributed by atoms with E-state index in [1.165, 1.54) is 0 Å². The molecule has 0 fully saturated rings. The van der Waals surface area contributed by atoms with Crippen molar-refractivity contribution >= 4 is 28.6 Å². The van der Waals surface area contributed by atoms with Gasteiger partial charge in [0.1, 0.15) is 0 Å². The number of carbonyl (C=O) groups excluding carboxylic acids is 1. The van der Waals surface area contributed by atoms with Crippen LogP contribution in [0.3, 0.4) is 0 Å². The maximum Gasteiger partial charge on any atom is 0.357 e. The van der Waals surface area contributed by atoms with Crippen LogP contribution in [0.5, 0.6) is 0 Å². The topological polar surface area (TPSA) is 44.1 Å². The fraction of sp³-hybridized carbons (Fsp3) is 0.286. The smallest absolute Gasteiger partial charge is 0.357 e. The van der Waals surface area contributed by atoms with E-state index in [9.17, 15) is 4.79 Å². The Morgan fingerprint density at radius 1 is 1.37 bits per heavy atom. The molecule has 0 aliphatic heterocycles. The van der Waals surface area contributed by atoms with Crippen molar-refractivity contribution in [1.82, 2.24) is 9.78 Å². The molecule has 19 heavy (non-hydrogen) atoms. The first-order chi connectivity index (χ1) is 9.13. The summed E-state index contributed by atoms with van der Waals surface area (Å²) in [4.78, 5) is 12.0. The largest absolute Gasteiger partial charge is 0.461 e. The van der Waals surface area contributed by atoms with Gasteiger partial charge in [-0.1, -0.05) is 30.3 Å². The number of halogens is 1. The lowest BCUT2D eigenvalue weighted by molar-refractivity contribution is 0.0511. The molecule has 0 aliphatic rings. The van der Waals surface area contributed by atoms with E-state index < -0.39 is 0 Å². The van der Waals surface area contributed by atoms with E-state index in [0.717, 1.165) is 14.8 Å². The summed E-state index contributed by atoms with van der Waals surface area (Å²) < 4.78 is 7.66. The quantitative estimate of drug-likeness (QED) is 0.614. The summed E-state index contributed by atoms with van der Waals surface area (Å²) in [5.41, 5.74) is 2.48. The van der Waals surface area contributed by atoms with Gasteiger partial charge in [0.05, 0.1) is 22.4 Å². The summed E-state index contributed by atoms with van der Waals surface area (Å²) in [6.07, 6.45) is 0. The van der Waals surface area contributed by atoms with Gasteiger partial charge < -0.3 is 4.74 Å². The van der Waals surface area contributed by atoms with Crippen molar-refractivity contribution in [3.05, 3.63) is 50.9 Å². The van der Waals surface area contributed by atoms with Gasteiger partial charge in [0.25, 0.3) is 0 Å². The Morgan fingerprint density at radius 3 is 2.68 bits per heavy atom. The molecule has 1 aromatic heterocycles. The molecule has 5 heteroatoms. The van der Waals surface area contributed by atoms with Crippen molar-refractivity contribution in [2.45, 2.75) is 20.4 Å². The van der Waals surface area contributed by atoms with E-state index in [2.05, 4.69) is 27.7 Å². The molecule has 0 radical (unpaired) electrons. The highest BCUT2D eigenvalue weighted by Crippen LogP contribution is 2.18. The number of rotatable bonds is 4. The van der Waals surface area contributed by atoms with Crippen LogP contribution in [-0.4, -0.2) is 22.4 Å². The van der Waals surface area contributed by atoms with Gasteiger partial charge in [0.2, 0.25) is 0 Å². The van der Waals surface area contributed by atoms with E-state index >= 15 is 0 Å². The first-order valence-corrected chi connectivity index (χ1v) is 7.15. The van der Waals surface area contributed by atoms with Crippen LogP contribution in [0.1, 0.15) is 28.7 Å². The minimum Gasteiger partial charge on any atom is -0.461 e. The van der Waals surface area contributed by atoms with Crippen LogP contribution in [0.25, 0.3) is 0 Å². The number of esters is 1. The third-order valence-electron chi connectivity index (χ3n) is 2.70. The van der Waals surface area contributed by atoms with Gasteiger partial charge in [0.15, 0.2) is 5.69 Å². The molecule has 1 heterocycles. The highest BCUT2D eigenvalue weighted by molar-refractivity contribution is 14.1. The number of hydrogen-bond acceptors (Lipinski definition) is 3. The highest BCUT2D eigenvalue weighted by atomic mass is 127. The molecule has 4 nitrogen and oxygen atoms in total. The lowest BCUT2D eigenvalue weighted by Crippen LogP contribution is -2.15. The van der Waals surface area contributed by atoms with Gasteiger partial charge in [0, 0.05) is 0 Å². The van der Waals surface area contributed by atoms with Crippen molar-refractivity contribution < 1.29 is 9.53 Å². The third kappa shape index (κ3) is 3.15. The van der Waals surface area contributed by atoms with Gasteiger partial charge in [-0.3, -0.25) is 4.68 Å². The van der Waals surface area contributed by atoms with Crippen molar-refractivity contribution in [3.63, 3.8) is 0 Å². The zero-order chi connectivity index (χ0) is 13.8. The van der Waals surface area contributed by atoms with Crippen molar-refractivity contribution in [3.8, 4) is 0 Å². The lowest BCUT2D eigenvalue weighted by atomic mass is 10.2. The van der Waals surface area contributed by atoms with Crippen LogP contribution in [0.2, 0.25) is 0 Å². The molecule has 0 saturated heterocycles. The van der Waals surface area contributed by atoms with Crippen molar-refractivity contribution in [1.29, 1.82) is 0 Å². The van der Waals surface area contributed by atoms with Crippen LogP contribution in [0.4, 0.5) is 0 Å². The molecule has 0 spiro atoms. The summed E-state index contributed by atoms with van der Waals surface area (Å²) in [5, 5.41) is 4.42. The molecule has 0 unspecified atom stereocenters. The molecule has 0 bridgehead atoms. The average Bonchev–Trinajstić information content (AvgIpc) is 2.66. The summed E-state index contributed by atoms with van der Waals surface area (Å²) in [6, 6.07) is 9.94. The Morgan fingerprint density at radius 2 is 2.05 bits per heavy atom. The maximum absolute atomic E-state index is 12.0. The molecule has 0 N–H and O–H groups in total. The SMILES string of the molecule is CCOC(=O)c1c(I)c(C)nn1Cc1ccccc1. The molecule has 1 aromatic carbocycles. The van der Waals surface area contributed by atoms with Crippen LogP contribution in [0.15, 0.2) is 30.3 Å². The molecule has 0 atom stereocenters. The number of ether oxygens (including phenoxy) is 1. The zero-order valence-electron chi connectivity index (χ0n) is 10.9. The van der Waals surface area contributed by atoms with Crippen molar-refractivity contribution in [2.24, 2.45) is 0 Å². The second-order valence-corrected chi connectivity index (χ2v) is 5.19. The second-order valence-electron chi connectivity index (χ2n) is 4.11. The van der Waals surface area contributed by atoms with E-state index in [1.54, 1.807) is 11.6 Å². The molecule has 0 saturated carbocycles. The highest BCUT2D eigenvalue weighted by Gasteiger charge is 2.21. The second kappa shape index (κ2) is 6.18. The average molecular weight is 370 g/mol. The summed E-state index contributed by atoms with van der Waals surface area (Å²) in [5.74, 6) is -0.316. The van der Waals surface area contributed by atoms with Gasteiger partial charge in [-0.25, -0.2) is 4.79 Å². The normalized spacial score (nSPS) is 10.5. The van der Waals surface area contributed by atoms with Gasteiger partial charge >= 0.3 is 5.97 Å². The number of aryl methyl sites for hydroxylation is 1. The fourth-order valence-electron chi connectivity index (χ4n) is 1.82. The van der Waals surface area contributed by atoms with Crippen LogP contribution < -0.4 is 0 Å². The molecule has 100 valence electrons. The molecular weight excluding hydrogens is 355 g/mol. The number of nitrogens with zero attached hydrogens (tertiary/aromatic N) is 2. The Bertz CT molecular complexity index is 579. The first kappa shape index (κ1) is 14.0. The van der Waals surface area contributed by atoms with Crippen molar-refractivity contribution in [2.75, 3.05) is 6.61 Å². The van der Waals surface area contributed by atoms with Gasteiger partial charge in [-0.05, 0) is 42.0 Å². The predicted molar refractivity (Wildman–Crippen MR) is 81.2 cm³/mol. The van der Waals surface area contributed by atoms with E-state index in [0.29, 0.717) is 18.8 Å². The summed E-state index contributed by atoms with van der Waals surface area (Å²) >= 11 is 2.14. The summed E-state index contributed by atoms with van der Waals surface area (Å²) in [7, 11) is 0. The fourth-order valence-corrected chi connectivity index (χ4v) is 2.43. The Hall–Kier alpha value is -1.37. The molecule has 0 aliphatic carbocycles. The van der Waals surface area contributed by atoms with Crippen LogP contribution in [0, 0.1) is 10.5 Å². The van der Waals surface area contributed by atoms with Crippen LogP contribution >= 0.6 is 22.6 Å². The van der Waals surface area contributed by atoms with Crippen LogP contribution in [-0.2, 0) is 11.3 Å². The number of carbonyl (C=O) groups is 1. The first-order valence-electron chi connectivity index (χ1n) is 6.07. The Balaban J connectivity index is 2.35. The minimum absolute atomic E-state index is 0.316. The molecule has 2 rings (SSSR count). The summed E-state index contributed by atoms with van der Waals surface area (Å²) in [6.45, 7) is 4.63. The minimum atomic E-state index is -0.316. The van der Waals surface area contributed by atoms with E-state index in [-0.39, 0.29) is 5.97 Å². The number of aromatic nitrogens is 2. The number of benzene rings is 1. The lowest BCUT2D eigenvalue weighted by Gasteiger charge is -2.07.